The van der Waals surface area contributed by atoms with E-state index in [1.165, 1.54) is 57.8 Å². The molecule has 0 aliphatic carbocycles. The molecule has 0 radical (unpaired) electrons. The van der Waals surface area contributed by atoms with Crippen molar-refractivity contribution in [2.75, 3.05) is 6.54 Å². The fraction of sp³-hybridized carbons (Fsp3) is 0.917. The van der Waals surface area contributed by atoms with Crippen LogP contribution in [0, 0.1) is 0 Å². The maximum Gasteiger partial charge on any atom is 0.407 e. The van der Waals surface area contributed by atoms with Crippen LogP contribution in [0.5, 0.6) is 0 Å². The highest BCUT2D eigenvalue weighted by Gasteiger charge is 2.17. The van der Waals surface area contributed by atoms with Crippen molar-refractivity contribution in [3.63, 3.8) is 0 Å². The molecule has 1 unspecified atom stereocenters. The minimum absolute atomic E-state index is 0.0110. The second-order valence-electron chi connectivity index (χ2n) is 9.05. The Bertz CT molecular complexity index is 418. The van der Waals surface area contributed by atoms with E-state index in [-0.39, 0.29) is 25.0 Å². The van der Waals surface area contributed by atoms with Gasteiger partial charge in [0.25, 0.3) is 0 Å². The van der Waals surface area contributed by atoms with Gasteiger partial charge < -0.3 is 14.8 Å². The first-order chi connectivity index (χ1) is 13.8. The molecule has 0 aromatic carbocycles. The Kier molecular flexibility index (Phi) is 16.8. The molecule has 0 aromatic rings. The molecule has 0 saturated carbocycles. The number of esters is 1. The van der Waals surface area contributed by atoms with Gasteiger partial charge in [0.05, 0.1) is 6.42 Å². The number of carbonyl (C=O) groups excluding carboxylic acids is 2. The average Bonchev–Trinajstić information content (AvgIpc) is 2.62. The number of hydrogen-bond donors (Lipinski definition) is 1. The zero-order chi connectivity index (χ0) is 22.0. The van der Waals surface area contributed by atoms with Gasteiger partial charge in [0, 0.05) is 6.54 Å². The summed E-state index contributed by atoms with van der Waals surface area (Å²) >= 11 is 0. The summed E-state index contributed by atoms with van der Waals surface area (Å²) in [5, 5.41) is 2.62. The summed E-state index contributed by atoms with van der Waals surface area (Å²) in [7, 11) is 0. The summed E-state index contributed by atoms with van der Waals surface area (Å²) in [6.07, 6.45) is 15.2. The highest BCUT2D eigenvalue weighted by atomic mass is 16.6. The number of carbonyl (C=O) groups is 2. The van der Waals surface area contributed by atoms with Crippen LogP contribution in [0.25, 0.3) is 0 Å². The van der Waals surface area contributed by atoms with Crippen LogP contribution in [0.1, 0.15) is 125 Å². The lowest BCUT2D eigenvalue weighted by atomic mass is 10.0. The standard InChI is InChI=1S/C24H47NO4/c1-6-8-10-12-14-16-18-21(17-15-13-11-9-7-2)28-22(26)19-20-25-23(27)29-24(3,4)5/h21H,6-20H2,1-5H3,(H,25,27). The van der Waals surface area contributed by atoms with Gasteiger partial charge in [-0.2, -0.15) is 0 Å². The third-order valence-corrected chi connectivity index (χ3v) is 4.80. The largest absolute Gasteiger partial charge is 0.462 e. The van der Waals surface area contributed by atoms with E-state index in [0.29, 0.717) is 0 Å². The summed E-state index contributed by atoms with van der Waals surface area (Å²) < 4.78 is 10.9. The predicted octanol–water partition coefficient (Wildman–Crippen LogP) is 6.92. The van der Waals surface area contributed by atoms with Crippen molar-refractivity contribution in [2.24, 2.45) is 0 Å². The molecule has 0 bridgehead atoms. The van der Waals surface area contributed by atoms with Crippen molar-refractivity contribution < 1.29 is 19.1 Å². The number of amides is 1. The Balaban J connectivity index is 4.18. The molecule has 29 heavy (non-hydrogen) atoms. The van der Waals surface area contributed by atoms with E-state index in [4.69, 9.17) is 9.47 Å². The van der Waals surface area contributed by atoms with E-state index in [0.717, 1.165) is 25.7 Å². The molecule has 0 spiro atoms. The molecule has 0 rings (SSSR count). The van der Waals surface area contributed by atoms with E-state index in [9.17, 15) is 9.59 Å². The number of ether oxygens (including phenoxy) is 2. The number of hydrogen-bond acceptors (Lipinski definition) is 4. The molecule has 1 amide bonds. The van der Waals surface area contributed by atoms with Crippen LogP contribution in [0.4, 0.5) is 4.79 Å². The van der Waals surface area contributed by atoms with Crippen molar-refractivity contribution in [1.29, 1.82) is 0 Å². The number of unbranched alkanes of at least 4 members (excludes halogenated alkanes) is 9. The summed E-state index contributed by atoms with van der Waals surface area (Å²) in [4.78, 5) is 23.9. The number of nitrogens with one attached hydrogen (secondary N) is 1. The zero-order valence-electron chi connectivity index (χ0n) is 19.8. The second kappa shape index (κ2) is 17.6. The molecule has 5 nitrogen and oxygen atoms in total. The topological polar surface area (TPSA) is 64.6 Å². The molecule has 0 saturated heterocycles. The molecule has 172 valence electrons. The summed E-state index contributed by atoms with van der Waals surface area (Å²) in [5.41, 5.74) is -0.537. The number of rotatable bonds is 17. The number of alkyl carbamates (subject to hydrolysis) is 1. The van der Waals surface area contributed by atoms with E-state index in [1.54, 1.807) is 0 Å². The molecule has 5 heteroatoms. The van der Waals surface area contributed by atoms with Gasteiger partial charge in [-0.05, 0) is 46.5 Å². The normalized spacial score (nSPS) is 12.4. The first-order valence-corrected chi connectivity index (χ1v) is 11.9. The van der Waals surface area contributed by atoms with Crippen LogP contribution < -0.4 is 5.32 Å². The summed E-state index contributed by atoms with van der Waals surface area (Å²) in [6, 6.07) is 0. The molecule has 0 aromatic heterocycles. The molecule has 0 aliphatic heterocycles. The third kappa shape index (κ3) is 19.8. The lowest BCUT2D eigenvalue weighted by Gasteiger charge is -2.20. The van der Waals surface area contributed by atoms with Gasteiger partial charge in [-0.3, -0.25) is 4.79 Å². The van der Waals surface area contributed by atoms with E-state index in [1.807, 2.05) is 20.8 Å². The van der Waals surface area contributed by atoms with Crippen molar-refractivity contribution in [3.05, 3.63) is 0 Å². The van der Waals surface area contributed by atoms with Crippen molar-refractivity contribution in [1.82, 2.24) is 5.32 Å². The predicted molar refractivity (Wildman–Crippen MR) is 120 cm³/mol. The molecule has 1 atom stereocenters. The van der Waals surface area contributed by atoms with Crippen LogP contribution >= 0.6 is 0 Å². The van der Waals surface area contributed by atoms with Gasteiger partial charge in [-0.25, -0.2) is 4.79 Å². The Morgan fingerprint density at radius 2 is 1.28 bits per heavy atom. The van der Waals surface area contributed by atoms with Crippen LogP contribution in [0.15, 0.2) is 0 Å². The van der Waals surface area contributed by atoms with E-state index >= 15 is 0 Å². The molecule has 0 heterocycles. The van der Waals surface area contributed by atoms with Crippen LogP contribution in [0.3, 0.4) is 0 Å². The highest BCUT2D eigenvalue weighted by Crippen LogP contribution is 2.17. The van der Waals surface area contributed by atoms with Gasteiger partial charge in [0.2, 0.25) is 0 Å². The minimum atomic E-state index is -0.537. The lowest BCUT2D eigenvalue weighted by Crippen LogP contribution is -2.34. The molecule has 0 fully saturated rings. The van der Waals surface area contributed by atoms with Gasteiger partial charge in [-0.15, -0.1) is 0 Å². The SMILES string of the molecule is CCCCCCCCC(CCCCCCC)OC(=O)CCNC(=O)OC(C)(C)C. The van der Waals surface area contributed by atoms with Gasteiger partial charge in [0.15, 0.2) is 0 Å². The van der Waals surface area contributed by atoms with E-state index in [2.05, 4.69) is 19.2 Å². The Labute approximate surface area is 179 Å². The molecular formula is C24H47NO4. The second-order valence-corrected chi connectivity index (χ2v) is 9.05. The highest BCUT2D eigenvalue weighted by molar-refractivity contribution is 5.72. The van der Waals surface area contributed by atoms with Crippen molar-refractivity contribution >= 4 is 12.1 Å². The molecule has 1 N–H and O–H groups in total. The van der Waals surface area contributed by atoms with Crippen LogP contribution in [0.2, 0.25) is 0 Å². The smallest absolute Gasteiger partial charge is 0.407 e. The van der Waals surface area contributed by atoms with Crippen LogP contribution in [-0.4, -0.2) is 30.3 Å². The summed E-state index contributed by atoms with van der Waals surface area (Å²) in [6.45, 7) is 10.1. The zero-order valence-corrected chi connectivity index (χ0v) is 19.8. The van der Waals surface area contributed by atoms with Gasteiger partial charge in [-0.1, -0.05) is 71.6 Å². The lowest BCUT2D eigenvalue weighted by molar-refractivity contribution is -0.149. The maximum atomic E-state index is 12.2. The first-order valence-electron chi connectivity index (χ1n) is 11.9. The van der Waals surface area contributed by atoms with Crippen LogP contribution in [-0.2, 0) is 14.3 Å². The monoisotopic (exact) mass is 413 g/mol. The van der Waals surface area contributed by atoms with E-state index < -0.39 is 11.7 Å². The Morgan fingerprint density at radius 1 is 0.793 bits per heavy atom. The molecule has 0 aliphatic rings. The van der Waals surface area contributed by atoms with Gasteiger partial charge in [0.1, 0.15) is 11.7 Å². The van der Waals surface area contributed by atoms with Crippen molar-refractivity contribution in [2.45, 2.75) is 136 Å². The molecular weight excluding hydrogens is 366 g/mol. The summed E-state index contributed by atoms with van der Waals surface area (Å²) in [5.74, 6) is -0.231. The maximum absolute atomic E-state index is 12.2. The Hall–Kier alpha value is -1.26. The Morgan fingerprint density at radius 3 is 1.76 bits per heavy atom. The quantitative estimate of drug-likeness (QED) is 0.207. The fourth-order valence-electron chi connectivity index (χ4n) is 3.22. The van der Waals surface area contributed by atoms with Crippen molar-refractivity contribution in [3.8, 4) is 0 Å². The first kappa shape index (κ1) is 27.7. The average molecular weight is 414 g/mol. The third-order valence-electron chi connectivity index (χ3n) is 4.80. The fourth-order valence-corrected chi connectivity index (χ4v) is 3.22. The van der Waals surface area contributed by atoms with Gasteiger partial charge >= 0.3 is 12.1 Å². The minimum Gasteiger partial charge on any atom is -0.462 e.